The molecule has 94 valence electrons. The zero-order valence-electron chi connectivity index (χ0n) is 9.64. The Morgan fingerprint density at radius 1 is 1.50 bits per heavy atom. The number of amides is 1. The second kappa shape index (κ2) is 7.27. The number of nitrogens with one attached hydrogen (secondary N) is 2. The molecule has 0 saturated heterocycles. The topological polar surface area (TPSA) is 78.4 Å². The Hall–Kier alpha value is -2.10. The summed E-state index contributed by atoms with van der Waals surface area (Å²) in [5, 5.41) is 8.24. The van der Waals surface area contributed by atoms with E-state index in [4.69, 9.17) is 5.21 Å². The summed E-state index contributed by atoms with van der Waals surface area (Å²) in [6, 6.07) is 7.09. The SMILES string of the molecule is CS(=O)Nc1cccc(C#C/C=C/C(=O)NO)c1. The maximum atomic E-state index is 11.0. The summed E-state index contributed by atoms with van der Waals surface area (Å²) in [5.41, 5.74) is 2.89. The van der Waals surface area contributed by atoms with Crippen LogP contribution in [-0.2, 0) is 15.8 Å². The predicted molar refractivity (Wildman–Crippen MR) is 70.1 cm³/mol. The Morgan fingerprint density at radius 3 is 2.94 bits per heavy atom. The van der Waals surface area contributed by atoms with Gasteiger partial charge in [-0.25, -0.2) is 9.69 Å². The smallest absolute Gasteiger partial charge is 0.267 e. The van der Waals surface area contributed by atoms with Gasteiger partial charge in [0.2, 0.25) is 0 Å². The average Bonchev–Trinajstić information content (AvgIpc) is 2.34. The van der Waals surface area contributed by atoms with Crippen LogP contribution in [0.15, 0.2) is 36.4 Å². The van der Waals surface area contributed by atoms with E-state index in [-0.39, 0.29) is 0 Å². The Balaban J connectivity index is 2.73. The predicted octanol–water partition coefficient (Wildman–Crippen LogP) is 0.805. The molecule has 0 fully saturated rings. The first-order chi connectivity index (χ1) is 8.61. The number of benzene rings is 1. The van der Waals surface area contributed by atoms with Gasteiger partial charge in [-0.2, -0.15) is 0 Å². The van der Waals surface area contributed by atoms with E-state index in [0.717, 1.165) is 11.6 Å². The fraction of sp³-hybridized carbons (Fsp3) is 0.0833. The van der Waals surface area contributed by atoms with Crippen molar-refractivity contribution in [3.63, 3.8) is 0 Å². The lowest BCUT2D eigenvalue weighted by molar-refractivity contribution is -0.124. The molecule has 1 aromatic carbocycles. The number of anilines is 1. The Morgan fingerprint density at radius 2 is 2.28 bits per heavy atom. The van der Waals surface area contributed by atoms with Crippen LogP contribution in [0.1, 0.15) is 5.56 Å². The molecule has 0 saturated carbocycles. The molecular formula is C12H12N2O3S. The van der Waals surface area contributed by atoms with Gasteiger partial charge in [-0.3, -0.25) is 10.0 Å². The molecule has 1 atom stereocenters. The highest BCUT2D eigenvalue weighted by molar-refractivity contribution is 7.85. The van der Waals surface area contributed by atoms with Gasteiger partial charge >= 0.3 is 0 Å². The van der Waals surface area contributed by atoms with Crippen molar-refractivity contribution in [2.45, 2.75) is 0 Å². The standard InChI is InChI=1S/C12H12N2O3S/c1-18(17)14-11-7-4-6-10(9-11)5-2-3-8-12(15)13-16/h3-4,6-9,14,16H,1H3,(H,13,15)/b8-3+. The zero-order valence-corrected chi connectivity index (χ0v) is 10.5. The molecule has 0 aliphatic heterocycles. The number of rotatable bonds is 3. The van der Waals surface area contributed by atoms with E-state index >= 15 is 0 Å². The number of carbonyl (C=O) groups excluding carboxylic acids is 1. The Kier molecular flexibility index (Phi) is 5.64. The van der Waals surface area contributed by atoms with Crippen molar-refractivity contribution < 1.29 is 14.2 Å². The maximum absolute atomic E-state index is 11.0. The molecule has 0 aromatic heterocycles. The first-order valence-corrected chi connectivity index (χ1v) is 6.50. The van der Waals surface area contributed by atoms with Gasteiger partial charge < -0.3 is 4.72 Å². The highest BCUT2D eigenvalue weighted by Gasteiger charge is 1.94. The van der Waals surface area contributed by atoms with Crippen molar-refractivity contribution in [2.24, 2.45) is 0 Å². The third-order valence-electron chi connectivity index (χ3n) is 1.77. The van der Waals surface area contributed by atoms with E-state index in [1.807, 2.05) is 0 Å². The van der Waals surface area contributed by atoms with Gasteiger partial charge in [0.05, 0.1) is 0 Å². The van der Waals surface area contributed by atoms with E-state index in [0.29, 0.717) is 5.69 Å². The summed E-state index contributed by atoms with van der Waals surface area (Å²) < 4.78 is 13.7. The highest BCUT2D eigenvalue weighted by Crippen LogP contribution is 2.09. The van der Waals surface area contributed by atoms with E-state index < -0.39 is 16.9 Å². The average molecular weight is 264 g/mol. The lowest BCUT2D eigenvalue weighted by Gasteiger charge is -2.01. The Labute approximate surface area is 107 Å². The molecule has 0 radical (unpaired) electrons. The molecule has 0 spiro atoms. The molecule has 1 amide bonds. The first kappa shape index (κ1) is 14.0. The molecule has 1 rings (SSSR count). The molecule has 1 unspecified atom stereocenters. The zero-order chi connectivity index (χ0) is 13.4. The maximum Gasteiger partial charge on any atom is 0.267 e. The van der Waals surface area contributed by atoms with Crippen LogP contribution >= 0.6 is 0 Å². The normalized spacial score (nSPS) is 11.4. The van der Waals surface area contributed by atoms with Crippen molar-refractivity contribution in [1.82, 2.24) is 5.48 Å². The van der Waals surface area contributed by atoms with Crippen LogP contribution in [0.4, 0.5) is 5.69 Å². The van der Waals surface area contributed by atoms with Gasteiger partial charge in [-0.05, 0) is 24.3 Å². The van der Waals surface area contributed by atoms with Crippen molar-refractivity contribution in [3.8, 4) is 11.8 Å². The van der Waals surface area contributed by atoms with Crippen LogP contribution in [0.3, 0.4) is 0 Å². The number of carbonyl (C=O) groups is 1. The van der Waals surface area contributed by atoms with Gasteiger partial charge in [0.1, 0.15) is 11.0 Å². The molecule has 1 aromatic rings. The van der Waals surface area contributed by atoms with Gasteiger partial charge in [0, 0.05) is 23.6 Å². The lowest BCUT2D eigenvalue weighted by atomic mass is 10.2. The minimum Gasteiger partial charge on any atom is -0.305 e. The fourth-order valence-electron chi connectivity index (χ4n) is 1.11. The molecular weight excluding hydrogens is 252 g/mol. The van der Waals surface area contributed by atoms with Gasteiger partial charge in [0.15, 0.2) is 0 Å². The largest absolute Gasteiger partial charge is 0.305 e. The van der Waals surface area contributed by atoms with Crippen LogP contribution in [0, 0.1) is 11.8 Å². The summed E-state index contributed by atoms with van der Waals surface area (Å²) >= 11 is 0. The van der Waals surface area contributed by atoms with Crippen molar-refractivity contribution in [3.05, 3.63) is 42.0 Å². The van der Waals surface area contributed by atoms with Crippen LogP contribution < -0.4 is 10.2 Å². The van der Waals surface area contributed by atoms with Crippen molar-refractivity contribution in [1.29, 1.82) is 0 Å². The monoisotopic (exact) mass is 264 g/mol. The quantitative estimate of drug-likeness (QED) is 0.327. The summed E-state index contributed by atoms with van der Waals surface area (Å²) in [4.78, 5) is 10.6. The number of allylic oxidation sites excluding steroid dienone is 1. The van der Waals surface area contributed by atoms with Crippen LogP contribution in [0.25, 0.3) is 0 Å². The molecule has 0 aliphatic rings. The second-order valence-corrected chi connectivity index (χ2v) is 4.33. The number of hydrogen-bond donors (Lipinski definition) is 3. The summed E-state index contributed by atoms with van der Waals surface area (Å²) in [5.74, 6) is 4.80. The minimum absolute atomic E-state index is 0.638. The molecule has 5 nitrogen and oxygen atoms in total. The van der Waals surface area contributed by atoms with Gasteiger partial charge in [-0.1, -0.05) is 17.9 Å². The fourth-order valence-corrected chi connectivity index (χ4v) is 1.56. The third-order valence-corrected chi connectivity index (χ3v) is 2.29. The molecule has 0 bridgehead atoms. The summed E-state index contributed by atoms with van der Waals surface area (Å²) in [7, 11) is -1.13. The summed E-state index contributed by atoms with van der Waals surface area (Å²) in [6.45, 7) is 0. The van der Waals surface area contributed by atoms with E-state index in [1.54, 1.807) is 24.3 Å². The number of hydrogen-bond acceptors (Lipinski definition) is 3. The van der Waals surface area contributed by atoms with Crippen LogP contribution in [0.5, 0.6) is 0 Å². The van der Waals surface area contributed by atoms with E-state index in [1.165, 1.54) is 17.8 Å². The lowest BCUT2D eigenvalue weighted by Crippen LogP contribution is -2.14. The highest BCUT2D eigenvalue weighted by atomic mass is 32.2. The van der Waals surface area contributed by atoms with Crippen LogP contribution in [-0.4, -0.2) is 21.6 Å². The van der Waals surface area contributed by atoms with Crippen molar-refractivity contribution >= 4 is 22.6 Å². The molecule has 0 aliphatic carbocycles. The molecule has 3 N–H and O–H groups in total. The molecule has 6 heteroatoms. The molecule has 0 heterocycles. The van der Waals surface area contributed by atoms with Crippen LogP contribution in [0.2, 0.25) is 0 Å². The third kappa shape index (κ3) is 5.30. The Bertz CT molecular complexity index is 544. The minimum atomic E-state index is -1.13. The van der Waals surface area contributed by atoms with E-state index in [2.05, 4.69) is 16.6 Å². The van der Waals surface area contributed by atoms with Gasteiger partial charge in [-0.15, -0.1) is 0 Å². The van der Waals surface area contributed by atoms with Crippen molar-refractivity contribution in [2.75, 3.05) is 11.0 Å². The second-order valence-electron chi connectivity index (χ2n) is 3.22. The molecule has 18 heavy (non-hydrogen) atoms. The summed E-state index contributed by atoms with van der Waals surface area (Å²) in [6.07, 6.45) is 3.97. The van der Waals surface area contributed by atoms with Gasteiger partial charge in [0.25, 0.3) is 5.91 Å². The van der Waals surface area contributed by atoms with E-state index in [9.17, 15) is 9.00 Å². The first-order valence-electron chi connectivity index (χ1n) is 4.94. The number of hydroxylamine groups is 1.